The van der Waals surface area contributed by atoms with Crippen LogP contribution in [-0.2, 0) is 0 Å². The average molecular weight is 350 g/mol. The molecular weight excluding hydrogens is 328 g/mol. The molecule has 0 radical (unpaired) electrons. The molecule has 1 aliphatic heterocycles. The van der Waals surface area contributed by atoms with Crippen LogP contribution >= 0.6 is 0 Å². The summed E-state index contributed by atoms with van der Waals surface area (Å²) in [5, 5.41) is 14.5. The van der Waals surface area contributed by atoms with Gasteiger partial charge in [0, 0.05) is 36.2 Å². The summed E-state index contributed by atoms with van der Waals surface area (Å²) < 4.78 is 2.04. The van der Waals surface area contributed by atoms with Crippen molar-refractivity contribution in [3.63, 3.8) is 0 Å². The number of hydrogen-bond donors (Lipinski definition) is 2. The van der Waals surface area contributed by atoms with Crippen molar-refractivity contribution in [3.8, 4) is 11.3 Å². The second-order valence-electron chi connectivity index (χ2n) is 6.74. The summed E-state index contributed by atoms with van der Waals surface area (Å²) in [5.74, 6) is 0. The van der Waals surface area contributed by atoms with Crippen molar-refractivity contribution in [2.24, 2.45) is 0 Å². The normalized spacial score (nSPS) is 16.8. The lowest BCUT2D eigenvalue weighted by molar-refractivity contribution is 0.220. The summed E-state index contributed by atoms with van der Waals surface area (Å²) in [6, 6.07) is 11.9. The first kappa shape index (κ1) is 16.4. The van der Waals surface area contributed by atoms with Crippen molar-refractivity contribution in [1.82, 2.24) is 24.9 Å². The molecule has 1 aromatic carbocycles. The highest BCUT2D eigenvalue weighted by atomic mass is 16.2. The molecular formula is C19H22N6O. The van der Waals surface area contributed by atoms with Gasteiger partial charge in [-0.3, -0.25) is 9.78 Å². The van der Waals surface area contributed by atoms with Crippen LogP contribution in [0.1, 0.15) is 23.9 Å². The molecule has 7 heteroatoms. The number of nitrogens with zero attached hydrogens (tertiary/aromatic N) is 4. The fourth-order valence-corrected chi connectivity index (χ4v) is 3.53. The molecule has 0 aliphatic carbocycles. The van der Waals surface area contributed by atoms with E-state index in [9.17, 15) is 4.79 Å². The molecule has 1 saturated heterocycles. The number of H-pyrrole nitrogens is 1. The van der Waals surface area contributed by atoms with Crippen molar-refractivity contribution >= 4 is 11.7 Å². The summed E-state index contributed by atoms with van der Waals surface area (Å²) >= 11 is 0. The highest BCUT2D eigenvalue weighted by Gasteiger charge is 2.28. The maximum Gasteiger partial charge on any atom is 0.321 e. The molecule has 1 atom stereocenters. The van der Waals surface area contributed by atoms with E-state index in [1.165, 1.54) is 0 Å². The van der Waals surface area contributed by atoms with E-state index < -0.39 is 0 Å². The molecule has 1 fully saturated rings. The number of benzene rings is 1. The number of aryl methyl sites for hydroxylation is 2. The van der Waals surface area contributed by atoms with E-state index in [0.717, 1.165) is 41.3 Å². The Hall–Kier alpha value is -3.09. The van der Waals surface area contributed by atoms with E-state index in [4.69, 9.17) is 0 Å². The molecule has 4 rings (SSSR count). The fraction of sp³-hybridized carbons (Fsp3) is 0.316. The zero-order valence-corrected chi connectivity index (χ0v) is 14.9. The van der Waals surface area contributed by atoms with Gasteiger partial charge in [0.15, 0.2) is 0 Å². The molecule has 1 aliphatic rings. The number of hydrogen-bond acceptors (Lipinski definition) is 3. The van der Waals surface area contributed by atoms with Crippen LogP contribution < -0.4 is 5.32 Å². The SMILES string of the molecule is Cc1cc(C)n([C@@H]2CCN(C(=O)Nc3cccc(-c4ccn[nH]4)c3)C2)n1. The third-order valence-corrected chi connectivity index (χ3v) is 4.77. The van der Waals surface area contributed by atoms with Gasteiger partial charge < -0.3 is 10.2 Å². The summed E-state index contributed by atoms with van der Waals surface area (Å²) in [7, 11) is 0. The van der Waals surface area contributed by atoms with Gasteiger partial charge in [-0.2, -0.15) is 10.2 Å². The Labute approximate surface area is 152 Å². The Morgan fingerprint density at radius 1 is 1.27 bits per heavy atom. The van der Waals surface area contributed by atoms with Crippen LogP contribution in [0.15, 0.2) is 42.6 Å². The first-order valence-electron chi connectivity index (χ1n) is 8.78. The van der Waals surface area contributed by atoms with E-state index in [1.54, 1.807) is 6.20 Å². The summed E-state index contributed by atoms with van der Waals surface area (Å²) in [6.45, 7) is 5.46. The smallest absolute Gasteiger partial charge is 0.321 e. The number of nitrogens with one attached hydrogen (secondary N) is 2. The predicted molar refractivity (Wildman–Crippen MR) is 100.0 cm³/mol. The Kier molecular flexibility index (Phi) is 4.20. The first-order chi connectivity index (χ1) is 12.6. The van der Waals surface area contributed by atoms with Crippen LogP contribution in [0.3, 0.4) is 0 Å². The van der Waals surface area contributed by atoms with Gasteiger partial charge in [-0.1, -0.05) is 12.1 Å². The van der Waals surface area contributed by atoms with Crippen LogP contribution in [0, 0.1) is 13.8 Å². The van der Waals surface area contributed by atoms with Gasteiger partial charge in [0.25, 0.3) is 0 Å². The van der Waals surface area contributed by atoms with Gasteiger partial charge in [-0.25, -0.2) is 4.79 Å². The fourth-order valence-electron chi connectivity index (χ4n) is 3.53. The number of anilines is 1. The topological polar surface area (TPSA) is 78.8 Å². The van der Waals surface area contributed by atoms with E-state index in [2.05, 4.69) is 33.6 Å². The highest BCUT2D eigenvalue weighted by molar-refractivity contribution is 5.90. The molecule has 0 saturated carbocycles. The zero-order chi connectivity index (χ0) is 18.1. The number of amides is 2. The number of carbonyl (C=O) groups excluding carboxylic acids is 1. The number of rotatable bonds is 3. The largest absolute Gasteiger partial charge is 0.322 e. The van der Waals surface area contributed by atoms with Crippen LogP contribution in [0.5, 0.6) is 0 Å². The number of aromatic nitrogens is 4. The Bertz CT molecular complexity index is 914. The number of likely N-dealkylation sites (tertiary alicyclic amines) is 1. The molecule has 2 N–H and O–H groups in total. The molecule has 134 valence electrons. The Balaban J connectivity index is 1.43. The molecule has 2 aromatic heterocycles. The predicted octanol–water partition coefficient (Wildman–Crippen LogP) is 3.37. The van der Waals surface area contributed by atoms with Crippen LogP contribution in [0.25, 0.3) is 11.3 Å². The van der Waals surface area contributed by atoms with Gasteiger partial charge >= 0.3 is 6.03 Å². The maximum absolute atomic E-state index is 12.6. The van der Waals surface area contributed by atoms with Gasteiger partial charge in [-0.05, 0) is 44.5 Å². The van der Waals surface area contributed by atoms with Crippen LogP contribution in [0.4, 0.5) is 10.5 Å². The molecule has 26 heavy (non-hydrogen) atoms. The third kappa shape index (κ3) is 3.20. The molecule has 3 heterocycles. The second-order valence-corrected chi connectivity index (χ2v) is 6.74. The van der Waals surface area contributed by atoms with Crippen molar-refractivity contribution in [2.45, 2.75) is 26.3 Å². The number of carbonyl (C=O) groups is 1. The van der Waals surface area contributed by atoms with Crippen LogP contribution in [-0.4, -0.2) is 44.0 Å². The summed E-state index contributed by atoms with van der Waals surface area (Å²) in [4.78, 5) is 14.5. The second kappa shape index (κ2) is 6.67. The minimum atomic E-state index is -0.0733. The lowest BCUT2D eigenvalue weighted by Crippen LogP contribution is -2.33. The molecule has 0 unspecified atom stereocenters. The number of urea groups is 1. The van der Waals surface area contributed by atoms with E-state index in [1.807, 2.05) is 46.8 Å². The van der Waals surface area contributed by atoms with Gasteiger partial charge in [0.1, 0.15) is 0 Å². The Morgan fingerprint density at radius 2 is 2.15 bits per heavy atom. The van der Waals surface area contributed by atoms with Gasteiger partial charge in [0.2, 0.25) is 0 Å². The lowest BCUT2D eigenvalue weighted by Gasteiger charge is -2.18. The monoisotopic (exact) mass is 350 g/mol. The van der Waals surface area contributed by atoms with Gasteiger partial charge in [0.05, 0.1) is 17.4 Å². The third-order valence-electron chi connectivity index (χ3n) is 4.77. The van der Waals surface area contributed by atoms with Crippen molar-refractivity contribution in [3.05, 3.63) is 54.0 Å². The maximum atomic E-state index is 12.6. The van der Waals surface area contributed by atoms with Crippen molar-refractivity contribution < 1.29 is 4.79 Å². The van der Waals surface area contributed by atoms with Gasteiger partial charge in [-0.15, -0.1) is 0 Å². The summed E-state index contributed by atoms with van der Waals surface area (Å²) in [6.07, 6.45) is 2.63. The van der Waals surface area contributed by atoms with Crippen molar-refractivity contribution in [2.75, 3.05) is 18.4 Å². The Morgan fingerprint density at radius 3 is 2.88 bits per heavy atom. The van der Waals surface area contributed by atoms with Crippen LogP contribution in [0.2, 0.25) is 0 Å². The van der Waals surface area contributed by atoms with E-state index in [0.29, 0.717) is 6.54 Å². The zero-order valence-electron chi connectivity index (χ0n) is 14.9. The molecule has 0 spiro atoms. The van der Waals surface area contributed by atoms with E-state index in [-0.39, 0.29) is 12.1 Å². The van der Waals surface area contributed by atoms with Crippen molar-refractivity contribution in [1.29, 1.82) is 0 Å². The number of aromatic amines is 1. The summed E-state index contributed by atoms with van der Waals surface area (Å²) in [5.41, 5.74) is 4.84. The lowest BCUT2D eigenvalue weighted by atomic mass is 10.1. The minimum Gasteiger partial charge on any atom is -0.322 e. The first-order valence-corrected chi connectivity index (χ1v) is 8.78. The molecule has 7 nitrogen and oxygen atoms in total. The van der Waals surface area contributed by atoms with E-state index >= 15 is 0 Å². The molecule has 0 bridgehead atoms. The molecule has 2 amide bonds. The minimum absolute atomic E-state index is 0.0733. The highest BCUT2D eigenvalue weighted by Crippen LogP contribution is 2.25. The average Bonchev–Trinajstić information content (AvgIpc) is 3.35. The molecule has 3 aromatic rings. The quantitative estimate of drug-likeness (QED) is 0.760. The standard InChI is InChI=1S/C19H22N6O/c1-13-10-14(2)25(23-13)17-7-9-24(12-17)19(26)21-16-5-3-4-15(11-16)18-6-8-20-22-18/h3-6,8,10-11,17H,7,9,12H2,1-2H3,(H,20,22)(H,21,26)/t17-/m1/s1.